The van der Waals surface area contributed by atoms with Crippen molar-refractivity contribution in [2.45, 2.75) is 87.6 Å². The molecule has 0 radical (unpaired) electrons. The fraction of sp³-hybridized carbons (Fsp3) is 1.00. The highest BCUT2D eigenvalue weighted by Gasteiger charge is 2.67. The van der Waals surface area contributed by atoms with E-state index in [0.29, 0.717) is 12.2 Å². The van der Waals surface area contributed by atoms with Crippen molar-refractivity contribution in [1.82, 2.24) is 0 Å². The first kappa shape index (κ1) is 11.5. The van der Waals surface area contributed by atoms with Crippen molar-refractivity contribution < 1.29 is 9.47 Å². The van der Waals surface area contributed by atoms with E-state index in [9.17, 15) is 0 Å². The Balaban J connectivity index is 1.44. The molecular weight excluding hydrogens is 248 g/mol. The lowest BCUT2D eigenvalue weighted by Gasteiger charge is -2.68. The van der Waals surface area contributed by atoms with Crippen LogP contribution in [-0.4, -0.2) is 23.4 Å². The van der Waals surface area contributed by atoms with E-state index in [4.69, 9.17) is 9.47 Å². The summed E-state index contributed by atoms with van der Waals surface area (Å²) < 4.78 is 13.5. The van der Waals surface area contributed by atoms with Crippen molar-refractivity contribution in [3.63, 3.8) is 0 Å². The lowest BCUT2D eigenvalue weighted by Crippen LogP contribution is -2.72. The standard InChI is InChI=1S/C18H26O2/c1-11-3-15-4-12(1)8-17(7-11,19-15)18-9-13-2-14(10-18)6-16(5-13)20-18/h11-16H,1-10H2. The minimum Gasteiger partial charge on any atom is -0.369 e. The van der Waals surface area contributed by atoms with Crippen molar-refractivity contribution in [3.8, 4) is 0 Å². The van der Waals surface area contributed by atoms with Crippen LogP contribution in [-0.2, 0) is 9.47 Å². The second-order valence-corrected chi connectivity index (χ2v) is 9.16. The van der Waals surface area contributed by atoms with Gasteiger partial charge >= 0.3 is 0 Å². The van der Waals surface area contributed by atoms with Crippen molar-refractivity contribution >= 4 is 0 Å². The number of ether oxygens (including phenoxy) is 2. The summed E-state index contributed by atoms with van der Waals surface area (Å²) in [5, 5.41) is 0. The Kier molecular flexibility index (Phi) is 1.98. The van der Waals surface area contributed by atoms with E-state index in [1.807, 2.05) is 0 Å². The minimum atomic E-state index is 0.137. The van der Waals surface area contributed by atoms with Crippen molar-refractivity contribution in [1.29, 1.82) is 0 Å². The Bertz CT molecular complexity index is 342. The van der Waals surface area contributed by atoms with Crippen LogP contribution in [0.15, 0.2) is 0 Å². The molecule has 8 fully saturated rings. The highest BCUT2D eigenvalue weighted by molar-refractivity contribution is 5.17. The molecule has 0 amide bonds. The van der Waals surface area contributed by atoms with Crippen LogP contribution in [0.5, 0.6) is 0 Å². The third kappa shape index (κ3) is 1.30. The van der Waals surface area contributed by atoms with Gasteiger partial charge in [0.05, 0.1) is 23.4 Å². The molecule has 4 unspecified atom stereocenters. The lowest BCUT2D eigenvalue weighted by atomic mass is 9.50. The smallest absolute Gasteiger partial charge is 0.0980 e. The summed E-state index contributed by atoms with van der Waals surface area (Å²) >= 11 is 0. The van der Waals surface area contributed by atoms with Crippen LogP contribution >= 0.6 is 0 Å². The molecule has 2 heteroatoms. The first-order chi connectivity index (χ1) is 9.72. The van der Waals surface area contributed by atoms with Gasteiger partial charge in [0.1, 0.15) is 0 Å². The van der Waals surface area contributed by atoms with E-state index < -0.39 is 0 Å². The van der Waals surface area contributed by atoms with Gasteiger partial charge in [0.2, 0.25) is 0 Å². The second-order valence-electron chi connectivity index (χ2n) is 9.16. The molecule has 0 aromatic carbocycles. The Labute approximate surface area is 121 Å². The highest BCUT2D eigenvalue weighted by atomic mass is 16.6. The first-order valence-electron chi connectivity index (χ1n) is 9.08. The summed E-state index contributed by atoms with van der Waals surface area (Å²) in [5.41, 5.74) is 0.273. The van der Waals surface area contributed by atoms with Crippen LogP contribution in [0.4, 0.5) is 0 Å². The molecule has 4 saturated carbocycles. The lowest BCUT2D eigenvalue weighted by molar-refractivity contribution is -0.349. The van der Waals surface area contributed by atoms with Crippen molar-refractivity contribution in [3.05, 3.63) is 0 Å². The predicted octanol–water partition coefficient (Wildman–Crippen LogP) is 3.68. The summed E-state index contributed by atoms with van der Waals surface area (Å²) in [6.45, 7) is 0. The molecule has 20 heavy (non-hydrogen) atoms. The number of hydrogen-bond acceptors (Lipinski definition) is 2. The molecule has 110 valence electrons. The fourth-order valence-corrected chi connectivity index (χ4v) is 7.69. The van der Waals surface area contributed by atoms with E-state index >= 15 is 0 Å². The summed E-state index contributed by atoms with van der Waals surface area (Å²) in [5.74, 6) is 3.83. The van der Waals surface area contributed by atoms with Gasteiger partial charge < -0.3 is 9.47 Å². The summed E-state index contributed by atoms with van der Waals surface area (Å²) in [6.07, 6.45) is 14.9. The maximum Gasteiger partial charge on any atom is 0.0980 e. The Morgan fingerprint density at radius 3 is 1.15 bits per heavy atom. The Hall–Kier alpha value is -0.0800. The molecule has 8 rings (SSSR count). The predicted molar refractivity (Wildman–Crippen MR) is 75.3 cm³/mol. The topological polar surface area (TPSA) is 18.5 Å². The molecule has 0 aromatic heterocycles. The average molecular weight is 274 g/mol. The SMILES string of the molecule is C1C2CC3CC1CC(C14CC5CC(CC(C5)O1)C4)(C2)O3. The number of hydrogen-bond donors (Lipinski definition) is 0. The van der Waals surface area contributed by atoms with Gasteiger partial charge in [0, 0.05) is 0 Å². The molecule has 0 spiro atoms. The quantitative estimate of drug-likeness (QED) is 0.726. The average Bonchev–Trinajstić information content (AvgIpc) is 2.35. The molecule has 4 atom stereocenters. The summed E-state index contributed by atoms with van der Waals surface area (Å²) in [6, 6.07) is 0. The molecule has 2 nitrogen and oxygen atoms in total. The largest absolute Gasteiger partial charge is 0.369 e. The van der Waals surface area contributed by atoms with E-state index in [1.165, 1.54) is 64.2 Å². The van der Waals surface area contributed by atoms with Gasteiger partial charge in [-0.05, 0) is 87.9 Å². The van der Waals surface area contributed by atoms with Gasteiger partial charge in [-0.3, -0.25) is 0 Å². The normalized spacial score (nSPS) is 66.0. The monoisotopic (exact) mass is 274 g/mol. The zero-order chi connectivity index (χ0) is 12.9. The van der Waals surface area contributed by atoms with E-state index in [2.05, 4.69) is 0 Å². The van der Waals surface area contributed by atoms with Crippen molar-refractivity contribution in [2.75, 3.05) is 0 Å². The summed E-state index contributed by atoms with van der Waals surface area (Å²) in [4.78, 5) is 0. The minimum absolute atomic E-state index is 0.137. The van der Waals surface area contributed by atoms with Crippen LogP contribution in [0.25, 0.3) is 0 Å². The highest BCUT2D eigenvalue weighted by Crippen LogP contribution is 2.65. The first-order valence-corrected chi connectivity index (χ1v) is 9.08. The van der Waals surface area contributed by atoms with Crippen LogP contribution in [0.1, 0.15) is 64.2 Å². The Morgan fingerprint density at radius 2 is 0.850 bits per heavy atom. The van der Waals surface area contributed by atoms with E-state index in [-0.39, 0.29) is 11.2 Å². The maximum absolute atomic E-state index is 6.77. The molecule has 8 aliphatic rings. The van der Waals surface area contributed by atoms with Crippen LogP contribution in [0, 0.1) is 23.7 Å². The van der Waals surface area contributed by atoms with E-state index in [1.54, 1.807) is 0 Å². The van der Waals surface area contributed by atoms with Gasteiger partial charge in [0.25, 0.3) is 0 Å². The van der Waals surface area contributed by atoms with Crippen LogP contribution < -0.4 is 0 Å². The van der Waals surface area contributed by atoms with Gasteiger partial charge in [0.15, 0.2) is 0 Å². The molecule has 8 bridgehead atoms. The molecule has 0 N–H and O–H groups in total. The van der Waals surface area contributed by atoms with Crippen LogP contribution in [0.3, 0.4) is 0 Å². The molecular formula is C18H26O2. The van der Waals surface area contributed by atoms with E-state index in [0.717, 1.165) is 23.7 Å². The Morgan fingerprint density at radius 1 is 0.500 bits per heavy atom. The fourth-order valence-electron chi connectivity index (χ4n) is 7.69. The second kappa shape index (κ2) is 3.46. The zero-order valence-electron chi connectivity index (χ0n) is 12.4. The zero-order valence-corrected chi connectivity index (χ0v) is 12.4. The van der Waals surface area contributed by atoms with Gasteiger partial charge in [-0.25, -0.2) is 0 Å². The third-order valence-corrected chi connectivity index (χ3v) is 7.81. The molecule has 4 saturated heterocycles. The van der Waals surface area contributed by atoms with Crippen LogP contribution in [0.2, 0.25) is 0 Å². The third-order valence-electron chi connectivity index (χ3n) is 7.81. The summed E-state index contributed by atoms with van der Waals surface area (Å²) in [7, 11) is 0. The van der Waals surface area contributed by atoms with Gasteiger partial charge in [-0.2, -0.15) is 0 Å². The van der Waals surface area contributed by atoms with Gasteiger partial charge in [-0.15, -0.1) is 0 Å². The number of rotatable bonds is 1. The molecule has 0 aromatic rings. The maximum atomic E-state index is 6.77. The molecule has 4 aliphatic carbocycles. The molecule has 4 aliphatic heterocycles. The molecule has 4 heterocycles. The van der Waals surface area contributed by atoms with Gasteiger partial charge in [-0.1, -0.05) is 0 Å². The van der Waals surface area contributed by atoms with Crippen molar-refractivity contribution in [2.24, 2.45) is 23.7 Å².